The Morgan fingerprint density at radius 1 is 0.686 bits per heavy atom. The van der Waals surface area contributed by atoms with Crippen molar-refractivity contribution in [3.8, 4) is 0 Å². The van der Waals surface area contributed by atoms with Gasteiger partial charge in [0.05, 0.1) is 52.9 Å². The molecule has 0 spiro atoms. The normalized spacial score (nSPS) is 11.3. The predicted molar refractivity (Wildman–Crippen MR) is 172 cm³/mol. The second-order valence-corrected chi connectivity index (χ2v) is 10.8. The van der Waals surface area contributed by atoms with Gasteiger partial charge in [-0.25, -0.2) is 19.0 Å². The first-order valence-electron chi connectivity index (χ1n) is 15.2. The molecule has 0 aliphatic carbocycles. The summed E-state index contributed by atoms with van der Waals surface area (Å²) in [6.45, 7) is -0.783. The third-order valence-electron chi connectivity index (χ3n) is 7.12. The molecule has 51 heavy (non-hydrogen) atoms. The second-order valence-electron chi connectivity index (χ2n) is 10.8. The average molecular weight is 700 g/mol. The first-order chi connectivity index (χ1) is 24.6. The van der Waals surface area contributed by atoms with E-state index in [4.69, 9.17) is 14.2 Å². The number of hydrogen-bond donors (Lipinski definition) is 1. The number of aromatic nitrogens is 6. The number of esters is 2. The van der Waals surface area contributed by atoms with E-state index in [2.05, 4.69) is 25.9 Å². The molecule has 19 heteroatoms. The molecule has 3 aromatic carbocycles. The van der Waals surface area contributed by atoms with Crippen molar-refractivity contribution in [2.45, 2.75) is 45.4 Å². The van der Waals surface area contributed by atoms with Crippen LogP contribution in [0.15, 0.2) is 91.3 Å². The lowest BCUT2D eigenvalue weighted by atomic mass is 10.2. The topological polar surface area (TPSA) is 239 Å². The lowest BCUT2D eigenvalue weighted by Gasteiger charge is -2.17. The average Bonchev–Trinajstić information content (AvgIpc) is 3.78. The van der Waals surface area contributed by atoms with Gasteiger partial charge in [0, 0.05) is 12.1 Å². The summed E-state index contributed by atoms with van der Waals surface area (Å²) < 4.78 is 18.4. The van der Waals surface area contributed by atoms with Crippen LogP contribution in [-0.2, 0) is 56.7 Å². The molecule has 1 amide bonds. The van der Waals surface area contributed by atoms with Gasteiger partial charge in [-0.3, -0.25) is 25.0 Å². The molecule has 0 fully saturated rings. The number of nitrogens with one attached hydrogen (secondary N) is 1. The molecular formula is C32H29N9O10. The van der Waals surface area contributed by atoms with Crippen LogP contribution in [0.1, 0.15) is 34.5 Å². The van der Waals surface area contributed by atoms with Gasteiger partial charge in [-0.05, 0) is 5.56 Å². The molecule has 2 heterocycles. The van der Waals surface area contributed by atoms with Crippen molar-refractivity contribution in [1.29, 1.82) is 0 Å². The summed E-state index contributed by atoms with van der Waals surface area (Å²) in [5.41, 5.74) is 1.70. The Balaban J connectivity index is 1.18. The largest absolute Gasteiger partial charge is 0.459 e. The minimum Gasteiger partial charge on any atom is -0.459 e. The molecule has 0 radical (unpaired) electrons. The molecule has 0 unspecified atom stereocenters. The number of nitro benzene ring substituents is 2. The van der Waals surface area contributed by atoms with Gasteiger partial charge in [-0.1, -0.05) is 77.2 Å². The molecule has 5 rings (SSSR count). The zero-order valence-electron chi connectivity index (χ0n) is 26.6. The molecule has 19 nitrogen and oxygen atoms in total. The fourth-order valence-corrected chi connectivity index (χ4v) is 4.68. The van der Waals surface area contributed by atoms with Gasteiger partial charge in [0.25, 0.3) is 11.4 Å². The zero-order chi connectivity index (χ0) is 36.2. The fraction of sp³-hybridized carbons (Fsp3) is 0.219. The van der Waals surface area contributed by atoms with Gasteiger partial charge in [0.2, 0.25) is 0 Å². The van der Waals surface area contributed by atoms with Crippen LogP contribution in [0.5, 0.6) is 0 Å². The Morgan fingerprint density at radius 3 is 1.75 bits per heavy atom. The molecule has 5 aromatic rings. The van der Waals surface area contributed by atoms with Crippen molar-refractivity contribution in [2.75, 3.05) is 0 Å². The number of para-hydroxylation sites is 2. The number of carbonyl (C=O) groups excluding carboxylic acids is 3. The summed E-state index contributed by atoms with van der Waals surface area (Å²) in [5.74, 6) is -1.91. The third-order valence-corrected chi connectivity index (χ3v) is 7.12. The Kier molecular flexibility index (Phi) is 11.7. The van der Waals surface area contributed by atoms with Crippen molar-refractivity contribution >= 4 is 29.4 Å². The number of carbonyl (C=O) groups is 3. The summed E-state index contributed by atoms with van der Waals surface area (Å²) in [6, 6.07) is 19.5. The summed E-state index contributed by atoms with van der Waals surface area (Å²) >= 11 is 0. The minimum absolute atomic E-state index is 0.0291. The SMILES string of the molecule is O=C(C[C@H](NC(=O)OCc1ccccc1)C(=O)OCc1cn(Cc2ccccc2[N+](=O)[O-])nn1)OCc1cn(Cc2ccccc2[N+](=O)[O-])nn1. The van der Waals surface area contributed by atoms with Crippen LogP contribution >= 0.6 is 0 Å². The number of rotatable bonds is 16. The van der Waals surface area contributed by atoms with E-state index in [-0.39, 0.29) is 49.1 Å². The van der Waals surface area contributed by atoms with Gasteiger partial charge in [0.1, 0.15) is 37.3 Å². The number of ether oxygens (including phenoxy) is 3. The van der Waals surface area contributed by atoms with Crippen molar-refractivity contribution < 1.29 is 38.4 Å². The van der Waals surface area contributed by atoms with E-state index in [9.17, 15) is 34.6 Å². The number of hydrogen-bond acceptors (Lipinski definition) is 14. The van der Waals surface area contributed by atoms with Crippen LogP contribution in [0.2, 0.25) is 0 Å². The van der Waals surface area contributed by atoms with Gasteiger partial charge in [0.15, 0.2) is 0 Å². The third kappa shape index (κ3) is 10.2. The molecule has 2 aromatic heterocycles. The molecule has 0 aliphatic heterocycles. The first kappa shape index (κ1) is 35.3. The van der Waals surface area contributed by atoms with Crippen molar-refractivity contribution in [2.24, 2.45) is 0 Å². The van der Waals surface area contributed by atoms with Crippen molar-refractivity contribution in [1.82, 2.24) is 35.3 Å². The van der Waals surface area contributed by atoms with Gasteiger partial charge >= 0.3 is 18.0 Å². The highest BCUT2D eigenvalue weighted by Crippen LogP contribution is 2.20. The molecule has 0 bridgehead atoms. The number of alkyl carbamates (subject to hydrolysis) is 1. The number of nitrogens with zero attached hydrogens (tertiary/aromatic N) is 8. The van der Waals surface area contributed by atoms with Crippen LogP contribution in [0.3, 0.4) is 0 Å². The quantitative estimate of drug-likeness (QED) is 0.0673. The van der Waals surface area contributed by atoms with Crippen molar-refractivity contribution in [3.05, 3.63) is 140 Å². The van der Waals surface area contributed by atoms with Gasteiger partial charge in [-0.2, -0.15) is 0 Å². The predicted octanol–water partition coefficient (Wildman–Crippen LogP) is 3.25. The van der Waals surface area contributed by atoms with E-state index >= 15 is 0 Å². The Labute approximate surface area is 288 Å². The smallest absolute Gasteiger partial charge is 0.408 e. The minimum atomic E-state index is -1.53. The zero-order valence-corrected chi connectivity index (χ0v) is 26.6. The van der Waals surface area contributed by atoms with Gasteiger partial charge < -0.3 is 19.5 Å². The molecule has 1 N–H and O–H groups in total. The molecule has 1 atom stereocenters. The monoisotopic (exact) mass is 699 g/mol. The maximum absolute atomic E-state index is 13.1. The molecule has 0 aliphatic rings. The summed E-state index contributed by atoms with van der Waals surface area (Å²) in [7, 11) is 0. The van der Waals surface area contributed by atoms with Crippen LogP contribution < -0.4 is 5.32 Å². The standard InChI is InChI=1S/C32H29N9O10/c42-30(49-20-25-17-38(36-34-25)15-23-10-4-6-12-28(23)40(45)46)14-27(33-32(44)51-19-22-8-2-1-3-9-22)31(43)50-21-26-18-39(37-35-26)16-24-11-5-7-13-29(24)41(47)48/h1-13,17-18,27H,14-16,19-21H2,(H,33,44)/t27-/m0/s1. The summed E-state index contributed by atoms with van der Waals surface area (Å²) in [5, 5.41) is 40.6. The van der Waals surface area contributed by atoms with Crippen LogP contribution in [-0.4, -0.2) is 63.9 Å². The maximum Gasteiger partial charge on any atom is 0.408 e. The Morgan fingerprint density at radius 2 is 1.20 bits per heavy atom. The molecule has 0 saturated carbocycles. The highest BCUT2D eigenvalue weighted by molar-refractivity contribution is 5.86. The van der Waals surface area contributed by atoms with Crippen LogP contribution in [0.25, 0.3) is 0 Å². The van der Waals surface area contributed by atoms with E-state index in [0.717, 1.165) is 0 Å². The lowest BCUT2D eigenvalue weighted by Crippen LogP contribution is -2.43. The van der Waals surface area contributed by atoms with Crippen LogP contribution in [0, 0.1) is 20.2 Å². The molecular weight excluding hydrogens is 670 g/mol. The second kappa shape index (κ2) is 16.9. The molecule has 0 saturated heterocycles. The highest BCUT2D eigenvalue weighted by atomic mass is 16.6. The summed E-state index contributed by atoms with van der Waals surface area (Å²) in [6.07, 6.45) is 1.23. The van der Waals surface area contributed by atoms with Crippen molar-refractivity contribution in [3.63, 3.8) is 0 Å². The van der Waals surface area contributed by atoms with E-state index in [1.807, 2.05) is 0 Å². The highest BCUT2D eigenvalue weighted by Gasteiger charge is 2.28. The Hall–Kier alpha value is -7.05. The maximum atomic E-state index is 13.1. The van der Waals surface area contributed by atoms with E-state index < -0.39 is 46.9 Å². The number of benzene rings is 3. The lowest BCUT2D eigenvalue weighted by molar-refractivity contribution is -0.385. The van der Waals surface area contributed by atoms with Gasteiger partial charge in [-0.15, -0.1) is 10.2 Å². The fourth-order valence-electron chi connectivity index (χ4n) is 4.68. The van der Waals surface area contributed by atoms with E-state index in [1.165, 1.54) is 33.9 Å². The number of amides is 1. The first-order valence-corrected chi connectivity index (χ1v) is 15.2. The number of nitro groups is 2. The van der Waals surface area contributed by atoms with E-state index in [1.54, 1.807) is 66.7 Å². The van der Waals surface area contributed by atoms with E-state index in [0.29, 0.717) is 16.7 Å². The Bertz CT molecular complexity index is 2010. The van der Waals surface area contributed by atoms with Crippen LogP contribution in [0.4, 0.5) is 16.2 Å². The summed E-state index contributed by atoms with van der Waals surface area (Å²) in [4.78, 5) is 60.2. The molecule has 262 valence electrons.